The molecule has 0 unspecified atom stereocenters. The zero-order chi connectivity index (χ0) is 41.5. The molecule has 320 valence electrons. The topological polar surface area (TPSA) is 170 Å². The molecule has 5 rings (SSSR count). The van der Waals surface area contributed by atoms with Crippen LogP contribution in [0.2, 0.25) is 0 Å². The fourth-order valence-electron chi connectivity index (χ4n) is 10.8. The van der Waals surface area contributed by atoms with Crippen LogP contribution in [0, 0.1) is 41.4 Å². The monoisotopic (exact) mass is 814 g/mol. The van der Waals surface area contributed by atoms with Crippen LogP contribution in [0.25, 0.3) is 0 Å². The summed E-state index contributed by atoms with van der Waals surface area (Å²) < 4.78 is 39.8. The summed E-state index contributed by atoms with van der Waals surface area (Å²) in [6, 6.07) is 0. The number of hydrogen-bond acceptors (Lipinski definition) is 12. The number of ketones is 1. The molecule has 13 heteroatoms. The zero-order valence-corrected chi connectivity index (χ0v) is 38.8. The van der Waals surface area contributed by atoms with Crippen LogP contribution in [0.5, 0.6) is 0 Å². The third-order valence-corrected chi connectivity index (χ3v) is 14.7. The van der Waals surface area contributed by atoms with Crippen LogP contribution in [0.4, 0.5) is 0 Å². The van der Waals surface area contributed by atoms with Gasteiger partial charge in [0.15, 0.2) is 11.9 Å². The van der Waals surface area contributed by atoms with Crippen LogP contribution < -0.4 is 34.7 Å². The second kappa shape index (κ2) is 19.0. The number of esters is 1. The fraction of sp³-hybridized carbons (Fsp3) is 0.886. The number of carbonyl (C=O) groups excluding carboxylic acids is 3. The van der Waals surface area contributed by atoms with Gasteiger partial charge in [-0.2, -0.15) is 0 Å². The molecule has 0 bridgehead atoms. The minimum atomic E-state index is -1.38. The average Bonchev–Trinajstić information content (AvgIpc) is 3.49. The molecule has 2 spiro atoms. The summed E-state index contributed by atoms with van der Waals surface area (Å²) >= 11 is 0. The first-order chi connectivity index (χ1) is 26.2. The van der Waals surface area contributed by atoms with Crippen molar-refractivity contribution < 1.29 is 87.7 Å². The molecule has 12 nitrogen and oxygen atoms in total. The molecule has 5 aliphatic rings. The summed E-state index contributed by atoms with van der Waals surface area (Å²) in [6.07, 6.45) is 5.21. The van der Waals surface area contributed by atoms with E-state index in [1.807, 2.05) is 54.5 Å². The maximum Gasteiger partial charge on any atom is 1.00 e. The molecule has 57 heavy (non-hydrogen) atoms. The summed E-state index contributed by atoms with van der Waals surface area (Å²) in [7, 11) is 0. The second-order valence-corrected chi connectivity index (χ2v) is 18.5. The summed E-state index contributed by atoms with van der Waals surface area (Å²) in [6.45, 7) is 20.8. The van der Waals surface area contributed by atoms with Gasteiger partial charge in [0.1, 0.15) is 5.78 Å². The van der Waals surface area contributed by atoms with Crippen molar-refractivity contribution in [3.05, 3.63) is 12.2 Å². The van der Waals surface area contributed by atoms with E-state index < -0.39 is 88.9 Å². The van der Waals surface area contributed by atoms with Gasteiger partial charge in [-0.25, -0.2) is 0 Å². The van der Waals surface area contributed by atoms with E-state index in [0.29, 0.717) is 57.8 Å². The van der Waals surface area contributed by atoms with Crippen molar-refractivity contribution in [3.63, 3.8) is 0 Å². The summed E-state index contributed by atoms with van der Waals surface area (Å²) in [5, 5.41) is 34.7. The number of hydrogen-bond donors (Lipinski definition) is 2. The Morgan fingerprint density at radius 1 is 0.912 bits per heavy atom. The molecule has 0 aromatic carbocycles. The molecule has 0 radical (unpaired) electrons. The van der Waals surface area contributed by atoms with E-state index in [9.17, 15) is 29.7 Å². The third-order valence-electron chi connectivity index (χ3n) is 14.7. The van der Waals surface area contributed by atoms with Crippen molar-refractivity contribution in [2.75, 3.05) is 0 Å². The average molecular weight is 815 g/mol. The first-order valence-electron chi connectivity index (χ1n) is 21.6. The number of carboxylic acids is 1. The van der Waals surface area contributed by atoms with Crippen LogP contribution in [0.15, 0.2) is 12.2 Å². The van der Waals surface area contributed by atoms with E-state index >= 15 is 0 Å². The van der Waals surface area contributed by atoms with Crippen LogP contribution in [0.1, 0.15) is 140 Å². The van der Waals surface area contributed by atoms with Crippen molar-refractivity contribution in [1.29, 1.82) is 0 Å². The standard InChI is InChI=1S/C44H72O12.Na/c1-12-31(40(48)49)33-16-15-24(4)38(53-33)28(8)36(46)27(7)37(47)32(13-2)39-25(5)23-26(6)43(54-39)20-18-35(52-30(10)45)44(56-43)22-21-41(11,55-44)34-17-19-42(50,14-3)29(9)51-34;/h18,20,24-29,31-36,38-39,46,50H,12-17,19,21-23H2,1-11H3,(H,48,49);/q;+1/p-1/t24-,25-,26+,27-,28-,29-,31+,32-,33+,34+,35+,36+,38+,39-,41-,42+,43-,44-;/m0./s1. The number of carboxylic acid groups (broad SMARTS) is 1. The Kier molecular flexibility index (Phi) is 16.2. The molecule has 0 saturated carbocycles. The summed E-state index contributed by atoms with van der Waals surface area (Å²) in [4.78, 5) is 38.8. The SMILES string of the molecule is CC[C@@H](C(=O)[C@@H](C)[C@@H](O)[C@H](C)[C@@H]1O[C@@H]([C@@H](CC)C(=O)[O-])CC[C@@H]1C)[C@H]1O[C@]2(C=C[C@@H](OC(C)=O)[C@]3(CC[C@@](C)([C@H]4CC[C@](O)(CC)[C@H](C)O4)O3)O2)[C@H](C)C[C@@H]1C.[Na+]. The minimum absolute atomic E-state index is 0. The van der Waals surface area contributed by atoms with Crippen LogP contribution in [0.3, 0.4) is 0 Å². The summed E-state index contributed by atoms with van der Waals surface area (Å²) in [5.74, 6) is -6.94. The molecule has 0 aromatic rings. The van der Waals surface area contributed by atoms with E-state index in [-0.39, 0.29) is 65.3 Å². The molecule has 2 N–H and O–H groups in total. The number of aliphatic hydroxyl groups excluding tert-OH is 1. The van der Waals surface area contributed by atoms with Gasteiger partial charge in [0.25, 0.3) is 0 Å². The number of ether oxygens (including phenoxy) is 6. The first-order valence-corrected chi connectivity index (χ1v) is 21.6. The van der Waals surface area contributed by atoms with Gasteiger partial charge in [-0.05, 0) is 95.6 Å². The van der Waals surface area contributed by atoms with Crippen LogP contribution in [-0.2, 0) is 42.8 Å². The van der Waals surface area contributed by atoms with E-state index in [1.165, 1.54) is 6.92 Å². The normalized spacial score (nSPS) is 43.4. The van der Waals surface area contributed by atoms with Crippen molar-refractivity contribution in [2.24, 2.45) is 41.4 Å². The van der Waals surface area contributed by atoms with E-state index in [4.69, 9.17) is 28.4 Å². The Bertz CT molecular complexity index is 1440. The van der Waals surface area contributed by atoms with Gasteiger partial charge in [-0.1, -0.05) is 55.4 Å². The molecular formula is C44H71NaO12. The molecule has 0 aromatic heterocycles. The fourth-order valence-corrected chi connectivity index (χ4v) is 10.8. The predicted molar refractivity (Wildman–Crippen MR) is 206 cm³/mol. The molecule has 4 fully saturated rings. The zero-order valence-electron chi connectivity index (χ0n) is 36.8. The number of carbonyl (C=O) groups is 3. The number of rotatable bonds is 13. The molecule has 0 aliphatic carbocycles. The van der Waals surface area contributed by atoms with Crippen LogP contribution in [-0.4, -0.2) is 93.4 Å². The quantitative estimate of drug-likeness (QED) is 0.159. The molecule has 5 heterocycles. The van der Waals surface area contributed by atoms with Gasteiger partial charge < -0.3 is 48.5 Å². The predicted octanol–water partition coefficient (Wildman–Crippen LogP) is 2.43. The van der Waals surface area contributed by atoms with Crippen LogP contribution >= 0.6 is 0 Å². The maximum atomic E-state index is 14.5. The summed E-state index contributed by atoms with van der Waals surface area (Å²) in [5.41, 5.74) is -1.71. The maximum absolute atomic E-state index is 14.5. The van der Waals surface area contributed by atoms with Gasteiger partial charge in [-0.3, -0.25) is 9.59 Å². The number of aliphatic hydroxyl groups is 2. The Hall–Kier alpha value is -0.930. The third kappa shape index (κ3) is 9.61. The van der Waals surface area contributed by atoms with Gasteiger partial charge in [-0.15, -0.1) is 0 Å². The Balaban J connectivity index is 0.00000720. The van der Waals surface area contributed by atoms with Crippen molar-refractivity contribution in [3.8, 4) is 0 Å². The Labute approximate surface area is 363 Å². The van der Waals surface area contributed by atoms with Crippen molar-refractivity contribution in [2.45, 2.75) is 206 Å². The molecular weight excluding hydrogens is 743 g/mol. The second-order valence-electron chi connectivity index (χ2n) is 18.5. The van der Waals surface area contributed by atoms with Gasteiger partial charge in [0.2, 0.25) is 5.79 Å². The van der Waals surface area contributed by atoms with E-state index in [2.05, 4.69) is 13.8 Å². The molecule has 0 amide bonds. The van der Waals surface area contributed by atoms with Gasteiger partial charge in [0.05, 0.1) is 47.8 Å². The number of Topliss-reactive ketones (excluding diaryl/α,β-unsaturated/α-hetero) is 1. The van der Waals surface area contributed by atoms with Gasteiger partial charge >= 0.3 is 35.5 Å². The van der Waals surface area contributed by atoms with E-state index in [0.717, 1.165) is 6.42 Å². The van der Waals surface area contributed by atoms with Crippen molar-refractivity contribution >= 4 is 17.7 Å². The number of aliphatic carboxylic acids is 1. The molecule has 5 aliphatic heterocycles. The van der Waals surface area contributed by atoms with Crippen molar-refractivity contribution in [1.82, 2.24) is 0 Å². The minimum Gasteiger partial charge on any atom is -0.550 e. The Morgan fingerprint density at radius 3 is 2.16 bits per heavy atom. The molecule has 4 saturated heterocycles. The molecule has 18 atom stereocenters. The largest absolute Gasteiger partial charge is 1.00 e. The first kappa shape index (κ1) is 48.7. The van der Waals surface area contributed by atoms with E-state index in [1.54, 1.807) is 13.0 Å². The van der Waals surface area contributed by atoms with Gasteiger partial charge in [0, 0.05) is 48.9 Å². The smallest absolute Gasteiger partial charge is 0.550 e. The Morgan fingerprint density at radius 2 is 1.58 bits per heavy atom.